The van der Waals surface area contributed by atoms with Gasteiger partial charge in [-0.3, -0.25) is 9.78 Å². The third-order valence-corrected chi connectivity index (χ3v) is 2.18. The molecule has 0 radical (unpaired) electrons. The van der Waals surface area contributed by atoms with E-state index >= 15 is 0 Å². The third kappa shape index (κ3) is 2.92. The van der Waals surface area contributed by atoms with Gasteiger partial charge in [0.25, 0.3) is 5.91 Å². The largest absolute Gasteiger partial charge is 0.506 e. The fourth-order valence-electron chi connectivity index (χ4n) is 1.21. The van der Waals surface area contributed by atoms with Crippen molar-refractivity contribution in [2.45, 2.75) is 0 Å². The van der Waals surface area contributed by atoms with Crippen molar-refractivity contribution in [3.05, 3.63) is 47.4 Å². The van der Waals surface area contributed by atoms with E-state index in [-0.39, 0.29) is 11.3 Å². The smallest absolute Gasteiger partial charge is 0.258 e. The van der Waals surface area contributed by atoms with Crippen molar-refractivity contribution in [3.8, 4) is 5.75 Å². The van der Waals surface area contributed by atoms with Crippen LogP contribution in [-0.2, 0) is 0 Å². The number of aromatic hydroxyl groups is 1. The first-order valence-electron chi connectivity index (χ1n) is 4.72. The molecule has 1 amide bonds. The molecule has 5 nitrogen and oxygen atoms in total. The van der Waals surface area contributed by atoms with Crippen molar-refractivity contribution in [3.63, 3.8) is 0 Å². The number of nitrogens with zero attached hydrogens (tertiary/aromatic N) is 2. The lowest BCUT2D eigenvalue weighted by molar-refractivity contribution is 0.102. The summed E-state index contributed by atoms with van der Waals surface area (Å²) in [6.45, 7) is 0. The summed E-state index contributed by atoms with van der Waals surface area (Å²) in [4.78, 5) is 19.4. The highest BCUT2D eigenvalue weighted by molar-refractivity contribution is 6.30. The molecule has 2 rings (SSSR count). The van der Waals surface area contributed by atoms with Gasteiger partial charge >= 0.3 is 0 Å². The van der Waals surface area contributed by atoms with E-state index in [4.69, 9.17) is 11.6 Å². The van der Waals surface area contributed by atoms with Gasteiger partial charge in [0, 0.05) is 17.4 Å². The Morgan fingerprint density at radius 2 is 2.18 bits per heavy atom. The Morgan fingerprint density at radius 1 is 1.35 bits per heavy atom. The molecule has 86 valence electrons. The Balaban J connectivity index is 2.17. The second-order valence-electron chi connectivity index (χ2n) is 3.25. The summed E-state index contributed by atoms with van der Waals surface area (Å²) < 4.78 is 0. The lowest BCUT2D eigenvalue weighted by Gasteiger charge is -2.04. The fourth-order valence-corrected chi connectivity index (χ4v) is 1.37. The molecule has 2 aromatic heterocycles. The summed E-state index contributed by atoms with van der Waals surface area (Å²) >= 11 is 5.76. The van der Waals surface area contributed by atoms with Crippen molar-refractivity contribution >= 4 is 23.3 Å². The summed E-state index contributed by atoms with van der Waals surface area (Å²) in [6, 6.07) is 4.44. The van der Waals surface area contributed by atoms with Crippen LogP contribution in [0, 0.1) is 0 Å². The summed E-state index contributed by atoms with van der Waals surface area (Å²) in [7, 11) is 0. The molecule has 6 heteroatoms. The van der Waals surface area contributed by atoms with Crippen molar-refractivity contribution in [2.24, 2.45) is 0 Å². The average Bonchev–Trinajstić information content (AvgIpc) is 2.29. The normalized spacial score (nSPS) is 9.94. The summed E-state index contributed by atoms with van der Waals surface area (Å²) in [5.41, 5.74) is 0.242. The molecule has 0 unspecified atom stereocenters. The first-order valence-corrected chi connectivity index (χ1v) is 5.10. The fraction of sp³-hybridized carbons (Fsp3) is 0. The molecule has 17 heavy (non-hydrogen) atoms. The van der Waals surface area contributed by atoms with E-state index in [2.05, 4.69) is 15.3 Å². The van der Waals surface area contributed by atoms with Crippen molar-refractivity contribution in [1.29, 1.82) is 0 Å². The van der Waals surface area contributed by atoms with Crippen LogP contribution in [0.3, 0.4) is 0 Å². The van der Waals surface area contributed by atoms with E-state index in [0.29, 0.717) is 10.8 Å². The second kappa shape index (κ2) is 4.80. The lowest BCUT2D eigenvalue weighted by Crippen LogP contribution is -2.12. The maximum Gasteiger partial charge on any atom is 0.258 e. The quantitative estimate of drug-likeness (QED) is 0.855. The van der Waals surface area contributed by atoms with E-state index in [1.807, 2.05) is 0 Å². The molecule has 2 aromatic rings. The van der Waals surface area contributed by atoms with E-state index < -0.39 is 5.91 Å². The SMILES string of the molecule is O=C(Nc1cc(Cl)ccn1)c1cncc(O)c1. The molecule has 2 N–H and O–H groups in total. The number of hydrogen-bond donors (Lipinski definition) is 2. The molecule has 0 fully saturated rings. The minimum atomic E-state index is -0.414. The number of hydrogen-bond acceptors (Lipinski definition) is 4. The van der Waals surface area contributed by atoms with Gasteiger partial charge in [-0.05, 0) is 18.2 Å². The molecule has 0 spiro atoms. The maximum absolute atomic E-state index is 11.7. The zero-order valence-electron chi connectivity index (χ0n) is 8.59. The molecule has 0 aliphatic rings. The van der Waals surface area contributed by atoms with Crippen molar-refractivity contribution in [2.75, 3.05) is 5.32 Å². The molecule has 0 aromatic carbocycles. The van der Waals surface area contributed by atoms with Gasteiger partial charge in [-0.1, -0.05) is 11.6 Å². The van der Waals surface area contributed by atoms with Crippen LogP contribution in [0.4, 0.5) is 5.82 Å². The van der Waals surface area contributed by atoms with E-state index in [1.54, 1.807) is 6.07 Å². The predicted octanol–water partition coefficient (Wildman–Crippen LogP) is 2.09. The Kier molecular flexibility index (Phi) is 3.20. The summed E-state index contributed by atoms with van der Waals surface area (Å²) in [5.74, 6) is -0.147. The highest BCUT2D eigenvalue weighted by Gasteiger charge is 2.08. The van der Waals surface area contributed by atoms with Crippen LogP contribution in [0.2, 0.25) is 5.02 Å². The first-order chi connectivity index (χ1) is 8.15. The number of nitrogens with one attached hydrogen (secondary N) is 1. The average molecular weight is 250 g/mol. The molecule has 0 bridgehead atoms. The highest BCUT2D eigenvalue weighted by Crippen LogP contribution is 2.14. The van der Waals surface area contributed by atoms with Gasteiger partial charge in [-0.2, -0.15) is 0 Å². The van der Waals surface area contributed by atoms with Crippen LogP contribution in [-0.4, -0.2) is 21.0 Å². The summed E-state index contributed by atoms with van der Waals surface area (Å²) in [6.07, 6.45) is 4.08. The number of pyridine rings is 2. The predicted molar refractivity (Wildman–Crippen MR) is 63.1 cm³/mol. The van der Waals surface area contributed by atoms with E-state index in [0.717, 1.165) is 0 Å². The number of carbonyl (C=O) groups excluding carboxylic acids is 1. The van der Waals surface area contributed by atoms with Crippen LogP contribution >= 0.6 is 11.6 Å². The molecule has 0 saturated heterocycles. The van der Waals surface area contributed by atoms with E-state index in [9.17, 15) is 9.90 Å². The van der Waals surface area contributed by atoms with E-state index in [1.165, 1.54) is 30.7 Å². The van der Waals surface area contributed by atoms with Crippen LogP contribution < -0.4 is 5.32 Å². The van der Waals surface area contributed by atoms with Gasteiger partial charge in [0.2, 0.25) is 0 Å². The van der Waals surface area contributed by atoms with Crippen LogP contribution in [0.15, 0.2) is 36.8 Å². The monoisotopic (exact) mass is 249 g/mol. The first kappa shape index (κ1) is 11.3. The van der Waals surface area contributed by atoms with Crippen LogP contribution in [0.1, 0.15) is 10.4 Å². The standard InChI is InChI=1S/C11H8ClN3O2/c12-8-1-2-14-10(4-8)15-11(17)7-3-9(16)6-13-5-7/h1-6,16H,(H,14,15,17). The number of halogens is 1. The Labute approximate surface area is 102 Å². The van der Waals surface area contributed by atoms with Gasteiger partial charge < -0.3 is 10.4 Å². The number of amides is 1. The lowest BCUT2D eigenvalue weighted by atomic mass is 10.2. The Bertz CT molecular complexity index is 560. The third-order valence-electron chi connectivity index (χ3n) is 1.95. The molecule has 0 aliphatic carbocycles. The molecule has 0 aliphatic heterocycles. The zero-order chi connectivity index (χ0) is 12.3. The molecular formula is C11H8ClN3O2. The number of aromatic nitrogens is 2. The summed E-state index contributed by atoms with van der Waals surface area (Å²) in [5, 5.41) is 12.2. The van der Waals surface area contributed by atoms with Crippen molar-refractivity contribution in [1.82, 2.24) is 9.97 Å². The van der Waals surface area contributed by atoms with Crippen molar-refractivity contribution < 1.29 is 9.90 Å². The number of anilines is 1. The van der Waals surface area contributed by atoms with Crippen LogP contribution in [0.25, 0.3) is 0 Å². The minimum absolute atomic E-state index is 0.0725. The van der Waals surface area contributed by atoms with Gasteiger partial charge in [-0.15, -0.1) is 0 Å². The van der Waals surface area contributed by atoms with Crippen LogP contribution in [0.5, 0.6) is 5.75 Å². The number of carbonyl (C=O) groups is 1. The Morgan fingerprint density at radius 3 is 2.88 bits per heavy atom. The topological polar surface area (TPSA) is 75.1 Å². The van der Waals surface area contributed by atoms with Gasteiger partial charge in [0.05, 0.1) is 11.8 Å². The maximum atomic E-state index is 11.7. The number of rotatable bonds is 2. The van der Waals surface area contributed by atoms with Gasteiger partial charge in [0.15, 0.2) is 0 Å². The molecule has 2 heterocycles. The molecular weight excluding hydrogens is 242 g/mol. The molecule has 0 saturated carbocycles. The van der Waals surface area contributed by atoms with Gasteiger partial charge in [-0.25, -0.2) is 4.98 Å². The second-order valence-corrected chi connectivity index (χ2v) is 3.68. The van der Waals surface area contributed by atoms with Gasteiger partial charge in [0.1, 0.15) is 11.6 Å². The zero-order valence-corrected chi connectivity index (χ0v) is 9.35. The Hall–Kier alpha value is -2.14. The highest BCUT2D eigenvalue weighted by atomic mass is 35.5. The molecule has 0 atom stereocenters. The minimum Gasteiger partial charge on any atom is -0.506 e.